The van der Waals surface area contributed by atoms with Gasteiger partial charge in [0.05, 0.1) is 12.5 Å². The van der Waals surface area contributed by atoms with Crippen LogP contribution < -0.4 is 0 Å². The van der Waals surface area contributed by atoms with Gasteiger partial charge in [0.1, 0.15) is 0 Å². The second-order valence-corrected chi connectivity index (χ2v) is 3.75. The van der Waals surface area contributed by atoms with Gasteiger partial charge in [-0.2, -0.15) is 0 Å². The van der Waals surface area contributed by atoms with Crippen molar-refractivity contribution in [3.8, 4) is 0 Å². The van der Waals surface area contributed by atoms with E-state index in [1.54, 1.807) is 0 Å². The largest absolute Gasteiger partial charge is 0.465 e. The monoisotopic (exact) mass is 174 g/mol. The Bertz CT molecular complexity index is 370. The van der Waals surface area contributed by atoms with Gasteiger partial charge in [-0.15, -0.1) is 0 Å². The lowest BCUT2D eigenvalue weighted by Crippen LogP contribution is -2.09. The average Bonchev–Trinajstić information content (AvgIpc) is 2.67. The minimum atomic E-state index is -0.0128. The predicted molar refractivity (Wildman–Crippen MR) is 47.3 cm³/mol. The first-order valence-electron chi connectivity index (χ1n) is 4.61. The normalized spacial score (nSPS) is 29.7. The van der Waals surface area contributed by atoms with E-state index in [-0.39, 0.29) is 11.9 Å². The molecule has 1 fully saturated rings. The molecule has 1 saturated heterocycles. The number of hydrogen-bond donors (Lipinski definition) is 0. The van der Waals surface area contributed by atoms with Crippen LogP contribution in [0.3, 0.4) is 0 Å². The van der Waals surface area contributed by atoms with Crippen LogP contribution in [0.4, 0.5) is 0 Å². The zero-order valence-electron chi connectivity index (χ0n) is 7.19. The van der Waals surface area contributed by atoms with Crippen LogP contribution >= 0.6 is 0 Å². The van der Waals surface area contributed by atoms with Crippen LogP contribution in [0.1, 0.15) is 17.0 Å². The van der Waals surface area contributed by atoms with Crippen LogP contribution in [0.25, 0.3) is 0 Å². The minimum Gasteiger partial charge on any atom is -0.465 e. The molecule has 0 bridgehead atoms. The number of benzene rings is 1. The maximum absolute atomic E-state index is 11.3. The Morgan fingerprint density at radius 1 is 1.23 bits per heavy atom. The third-order valence-corrected chi connectivity index (χ3v) is 3.09. The number of carbonyl (C=O) groups excluding carboxylic acids is 1. The van der Waals surface area contributed by atoms with Crippen molar-refractivity contribution in [2.45, 2.75) is 12.3 Å². The Morgan fingerprint density at radius 3 is 3.00 bits per heavy atom. The lowest BCUT2D eigenvalue weighted by molar-refractivity contribution is -0.141. The van der Waals surface area contributed by atoms with Crippen molar-refractivity contribution in [2.75, 3.05) is 6.61 Å². The maximum Gasteiger partial charge on any atom is 0.310 e. The van der Waals surface area contributed by atoms with Crippen molar-refractivity contribution in [3.05, 3.63) is 35.4 Å². The lowest BCUT2D eigenvalue weighted by atomic mass is 9.96. The molecule has 0 aromatic heterocycles. The Morgan fingerprint density at radius 2 is 2.08 bits per heavy atom. The molecule has 13 heavy (non-hydrogen) atoms. The number of carbonyl (C=O) groups is 1. The van der Waals surface area contributed by atoms with Gasteiger partial charge < -0.3 is 4.74 Å². The Hall–Kier alpha value is -1.31. The molecule has 1 aliphatic carbocycles. The predicted octanol–water partition coefficient (Wildman–Crippen LogP) is 1.50. The highest BCUT2D eigenvalue weighted by Crippen LogP contribution is 2.42. The smallest absolute Gasteiger partial charge is 0.310 e. The topological polar surface area (TPSA) is 26.3 Å². The van der Waals surface area contributed by atoms with Gasteiger partial charge in [-0.1, -0.05) is 24.3 Å². The van der Waals surface area contributed by atoms with Gasteiger partial charge in [-0.3, -0.25) is 4.79 Å². The molecule has 0 radical (unpaired) electrons. The summed E-state index contributed by atoms with van der Waals surface area (Å²) in [5, 5.41) is 0. The fraction of sp³-hybridized carbons (Fsp3) is 0.364. The maximum atomic E-state index is 11.3. The van der Waals surface area contributed by atoms with E-state index < -0.39 is 0 Å². The van der Waals surface area contributed by atoms with Crippen molar-refractivity contribution >= 4 is 5.97 Å². The number of ether oxygens (including phenoxy) is 1. The van der Waals surface area contributed by atoms with Crippen LogP contribution in [0.15, 0.2) is 24.3 Å². The lowest BCUT2D eigenvalue weighted by Gasteiger charge is -2.03. The summed E-state index contributed by atoms with van der Waals surface area (Å²) >= 11 is 0. The molecule has 0 saturated carbocycles. The Labute approximate surface area is 76.5 Å². The van der Waals surface area contributed by atoms with Gasteiger partial charge in [-0.05, 0) is 17.5 Å². The van der Waals surface area contributed by atoms with Gasteiger partial charge in [0.15, 0.2) is 0 Å². The van der Waals surface area contributed by atoms with E-state index in [2.05, 4.69) is 12.1 Å². The zero-order valence-corrected chi connectivity index (χ0v) is 7.19. The van der Waals surface area contributed by atoms with E-state index in [1.165, 1.54) is 11.1 Å². The molecule has 66 valence electrons. The molecule has 0 spiro atoms. The zero-order chi connectivity index (χ0) is 8.84. The van der Waals surface area contributed by atoms with Gasteiger partial charge in [0.2, 0.25) is 0 Å². The van der Waals surface area contributed by atoms with E-state index in [1.807, 2.05) is 12.1 Å². The molecule has 1 heterocycles. The SMILES string of the molecule is O=C1OC[C@H]2c3ccccc3C[C@@H]12. The molecule has 1 aliphatic heterocycles. The van der Waals surface area contributed by atoms with E-state index in [9.17, 15) is 4.79 Å². The molecule has 2 heteroatoms. The molecular formula is C11H10O2. The van der Waals surface area contributed by atoms with Crippen LogP contribution in [-0.2, 0) is 16.0 Å². The van der Waals surface area contributed by atoms with E-state index in [0.29, 0.717) is 12.5 Å². The van der Waals surface area contributed by atoms with E-state index in [4.69, 9.17) is 4.74 Å². The van der Waals surface area contributed by atoms with Crippen molar-refractivity contribution < 1.29 is 9.53 Å². The molecular weight excluding hydrogens is 164 g/mol. The number of cyclic esters (lactones) is 1. The van der Waals surface area contributed by atoms with Crippen molar-refractivity contribution in [3.63, 3.8) is 0 Å². The first kappa shape index (κ1) is 7.13. The molecule has 0 N–H and O–H groups in total. The Balaban J connectivity index is 2.09. The molecule has 2 atom stereocenters. The van der Waals surface area contributed by atoms with Crippen LogP contribution in [-0.4, -0.2) is 12.6 Å². The summed E-state index contributed by atoms with van der Waals surface area (Å²) in [5.74, 6) is 0.433. The number of esters is 1. The molecule has 1 aromatic rings. The van der Waals surface area contributed by atoms with Gasteiger partial charge in [0.25, 0.3) is 0 Å². The van der Waals surface area contributed by atoms with E-state index in [0.717, 1.165) is 6.42 Å². The molecule has 0 amide bonds. The highest BCUT2D eigenvalue weighted by Gasteiger charge is 2.43. The van der Waals surface area contributed by atoms with Gasteiger partial charge in [-0.25, -0.2) is 0 Å². The van der Waals surface area contributed by atoms with Crippen molar-refractivity contribution in [1.82, 2.24) is 0 Å². The third kappa shape index (κ3) is 0.857. The molecule has 1 aromatic carbocycles. The number of rotatable bonds is 0. The second-order valence-electron chi connectivity index (χ2n) is 3.75. The summed E-state index contributed by atoms with van der Waals surface area (Å²) in [7, 11) is 0. The van der Waals surface area contributed by atoms with Gasteiger partial charge >= 0.3 is 5.97 Å². The quantitative estimate of drug-likeness (QED) is 0.557. The number of fused-ring (bicyclic) bond motifs is 3. The minimum absolute atomic E-state index is 0.0128. The standard InChI is InChI=1S/C11H10O2/c12-11-9-5-7-3-1-2-4-8(7)10(9)6-13-11/h1-4,9-10H,5-6H2/t9-,10+/m1/s1. The van der Waals surface area contributed by atoms with Gasteiger partial charge in [0, 0.05) is 5.92 Å². The second kappa shape index (κ2) is 2.34. The summed E-state index contributed by atoms with van der Waals surface area (Å²) in [5.41, 5.74) is 2.65. The first-order valence-corrected chi connectivity index (χ1v) is 4.61. The molecule has 2 aliphatic rings. The van der Waals surface area contributed by atoms with Crippen LogP contribution in [0, 0.1) is 5.92 Å². The van der Waals surface area contributed by atoms with E-state index >= 15 is 0 Å². The summed E-state index contributed by atoms with van der Waals surface area (Å²) in [4.78, 5) is 11.3. The van der Waals surface area contributed by atoms with Crippen LogP contribution in [0.5, 0.6) is 0 Å². The molecule has 0 unspecified atom stereocenters. The Kier molecular flexibility index (Phi) is 1.29. The highest BCUT2D eigenvalue weighted by molar-refractivity contribution is 5.78. The molecule has 3 rings (SSSR count). The molecule has 2 nitrogen and oxygen atoms in total. The summed E-state index contributed by atoms with van der Waals surface area (Å²) in [6.45, 7) is 0.584. The summed E-state index contributed by atoms with van der Waals surface area (Å²) < 4.78 is 5.04. The number of hydrogen-bond acceptors (Lipinski definition) is 2. The fourth-order valence-corrected chi connectivity index (χ4v) is 2.41. The highest BCUT2D eigenvalue weighted by atomic mass is 16.5. The van der Waals surface area contributed by atoms with Crippen molar-refractivity contribution in [2.24, 2.45) is 5.92 Å². The fourth-order valence-electron chi connectivity index (χ4n) is 2.41. The summed E-state index contributed by atoms with van der Waals surface area (Å²) in [6, 6.07) is 8.29. The third-order valence-electron chi connectivity index (χ3n) is 3.09. The average molecular weight is 174 g/mol. The van der Waals surface area contributed by atoms with Crippen molar-refractivity contribution in [1.29, 1.82) is 0 Å². The summed E-state index contributed by atoms with van der Waals surface area (Å²) in [6.07, 6.45) is 0.875. The van der Waals surface area contributed by atoms with Crippen LogP contribution in [0.2, 0.25) is 0 Å². The first-order chi connectivity index (χ1) is 6.36.